The van der Waals surface area contributed by atoms with Crippen molar-refractivity contribution < 1.29 is 9.53 Å². The summed E-state index contributed by atoms with van der Waals surface area (Å²) in [5, 5.41) is 2.89. The Morgan fingerprint density at radius 2 is 2.00 bits per heavy atom. The van der Waals surface area contributed by atoms with Crippen molar-refractivity contribution in [3.8, 4) is 0 Å². The van der Waals surface area contributed by atoms with E-state index in [2.05, 4.69) is 15.3 Å². The third kappa shape index (κ3) is 1.97. The van der Waals surface area contributed by atoms with Crippen LogP contribution in [0.25, 0.3) is 11.0 Å². The van der Waals surface area contributed by atoms with E-state index in [0.717, 1.165) is 11.0 Å². The molecule has 2 aromatic rings. The lowest BCUT2D eigenvalue weighted by Crippen LogP contribution is -2.48. The van der Waals surface area contributed by atoms with Gasteiger partial charge in [0.05, 0.1) is 30.3 Å². The van der Waals surface area contributed by atoms with Gasteiger partial charge in [0.2, 0.25) is 0 Å². The summed E-state index contributed by atoms with van der Waals surface area (Å²) in [5.74, 6) is -0.0918. The molecule has 1 amide bonds. The summed E-state index contributed by atoms with van der Waals surface area (Å²) in [6.07, 6.45) is 3.25. The van der Waals surface area contributed by atoms with Gasteiger partial charge >= 0.3 is 0 Å². The van der Waals surface area contributed by atoms with Gasteiger partial charge in [-0.2, -0.15) is 0 Å². The van der Waals surface area contributed by atoms with Gasteiger partial charge in [-0.25, -0.2) is 0 Å². The highest BCUT2D eigenvalue weighted by Crippen LogP contribution is 2.11. The summed E-state index contributed by atoms with van der Waals surface area (Å²) in [6, 6.07) is 5.44. The molecule has 1 N–H and O–H groups in total. The maximum absolute atomic E-state index is 11.9. The lowest BCUT2D eigenvalue weighted by molar-refractivity contribution is -0.00346. The highest BCUT2D eigenvalue weighted by molar-refractivity contribution is 5.97. The van der Waals surface area contributed by atoms with Crippen molar-refractivity contribution in [3.63, 3.8) is 0 Å². The lowest BCUT2D eigenvalue weighted by atomic mass is 10.1. The van der Waals surface area contributed by atoms with Crippen LogP contribution in [0.4, 0.5) is 0 Å². The molecule has 2 heterocycles. The molecule has 86 valence electrons. The molecule has 17 heavy (non-hydrogen) atoms. The standard InChI is InChI=1S/C12H11N3O2/c16-12(15-9-6-17-7-9)8-1-2-10-11(5-8)14-4-3-13-10/h1-5,9H,6-7H2,(H,15,16). The fourth-order valence-electron chi connectivity index (χ4n) is 1.69. The molecule has 0 aliphatic carbocycles. The van der Waals surface area contributed by atoms with Crippen LogP contribution in [0.5, 0.6) is 0 Å². The lowest BCUT2D eigenvalue weighted by Gasteiger charge is -2.26. The first-order chi connectivity index (χ1) is 8.33. The van der Waals surface area contributed by atoms with Gasteiger partial charge in [0.15, 0.2) is 0 Å². The second-order valence-electron chi connectivity index (χ2n) is 3.97. The summed E-state index contributed by atoms with van der Waals surface area (Å²) < 4.78 is 5.00. The summed E-state index contributed by atoms with van der Waals surface area (Å²) in [6.45, 7) is 1.19. The van der Waals surface area contributed by atoms with Crippen molar-refractivity contribution in [3.05, 3.63) is 36.2 Å². The number of hydrogen-bond acceptors (Lipinski definition) is 4. The monoisotopic (exact) mass is 229 g/mol. The Hall–Kier alpha value is -2.01. The Balaban J connectivity index is 1.86. The van der Waals surface area contributed by atoms with Crippen molar-refractivity contribution >= 4 is 16.9 Å². The van der Waals surface area contributed by atoms with E-state index in [1.165, 1.54) is 0 Å². The summed E-state index contributed by atoms with van der Waals surface area (Å²) in [5.41, 5.74) is 2.12. The van der Waals surface area contributed by atoms with E-state index < -0.39 is 0 Å². The zero-order chi connectivity index (χ0) is 11.7. The Bertz CT molecular complexity index is 566. The fraction of sp³-hybridized carbons (Fsp3) is 0.250. The van der Waals surface area contributed by atoms with E-state index in [-0.39, 0.29) is 11.9 Å². The van der Waals surface area contributed by atoms with Crippen molar-refractivity contribution in [1.29, 1.82) is 0 Å². The molecule has 1 aliphatic rings. The Morgan fingerprint density at radius 1 is 1.24 bits per heavy atom. The predicted molar refractivity (Wildman–Crippen MR) is 61.6 cm³/mol. The van der Waals surface area contributed by atoms with Crippen LogP contribution in [0.3, 0.4) is 0 Å². The Labute approximate surface area is 97.8 Å². The normalized spacial score (nSPS) is 15.5. The average molecular weight is 229 g/mol. The SMILES string of the molecule is O=C(NC1COC1)c1ccc2nccnc2c1. The maximum Gasteiger partial charge on any atom is 0.251 e. The molecule has 1 aromatic carbocycles. The quantitative estimate of drug-likeness (QED) is 0.825. The first-order valence-corrected chi connectivity index (χ1v) is 5.42. The van der Waals surface area contributed by atoms with Gasteiger partial charge in [0.1, 0.15) is 0 Å². The number of amides is 1. The summed E-state index contributed by atoms with van der Waals surface area (Å²) >= 11 is 0. The number of rotatable bonds is 2. The molecule has 1 aromatic heterocycles. The maximum atomic E-state index is 11.9. The Morgan fingerprint density at radius 3 is 2.71 bits per heavy atom. The molecule has 1 fully saturated rings. The molecule has 0 bridgehead atoms. The van der Waals surface area contributed by atoms with E-state index >= 15 is 0 Å². The number of aromatic nitrogens is 2. The van der Waals surface area contributed by atoms with E-state index in [0.29, 0.717) is 18.8 Å². The van der Waals surface area contributed by atoms with Crippen LogP contribution in [-0.2, 0) is 4.74 Å². The zero-order valence-corrected chi connectivity index (χ0v) is 9.09. The number of fused-ring (bicyclic) bond motifs is 1. The summed E-state index contributed by atoms with van der Waals surface area (Å²) in [4.78, 5) is 20.2. The number of carbonyl (C=O) groups is 1. The molecule has 0 spiro atoms. The van der Waals surface area contributed by atoms with Crippen LogP contribution < -0.4 is 5.32 Å². The largest absolute Gasteiger partial charge is 0.377 e. The third-order valence-corrected chi connectivity index (χ3v) is 2.70. The molecule has 1 aliphatic heterocycles. The van der Waals surface area contributed by atoms with Gasteiger partial charge in [0.25, 0.3) is 5.91 Å². The van der Waals surface area contributed by atoms with Crippen LogP contribution in [0, 0.1) is 0 Å². The summed E-state index contributed by atoms with van der Waals surface area (Å²) in [7, 11) is 0. The minimum absolute atomic E-state index is 0.0918. The molecule has 0 saturated carbocycles. The molecular weight excluding hydrogens is 218 g/mol. The van der Waals surface area contributed by atoms with E-state index in [4.69, 9.17) is 4.74 Å². The molecule has 5 heteroatoms. The van der Waals surface area contributed by atoms with Crippen molar-refractivity contribution in [2.24, 2.45) is 0 Å². The minimum atomic E-state index is -0.0918. The van der Waals surface area contributed by atoms with Crippen molar-refractivity contribution in [2.45, 2.75) is 6.04 Å². The average Bonchev–Trinajstić information content (AvgIpc) is 2.33. The molecular formula is C12H11N3O2. The molecule has 0 unspecified atom stereocenters. The number of ether oxygens (including phenoxy) is 1. The number of nitrogens with one attached hydrogen (secondary N) is 1. The topological polar surface area (TPSA) is 64.1 Å². The minimum Gasteiger partial charge on any atom is -0.377 e. The smallest absolute Gasteiger partial charge is 0.251 e. The van der Waals surface area contributed by atoms with Crippen LogP contribution in [0.2, 0.25) is 0 Å². The predicted octanol–water partition coefficient (Wildman–Crippen LogP) is 0.758. The second kappa shape index (κ2) is 4.10. The van der Waals surface area contributed by atoms with Crippen molar-refractivity contribution in [1.82, 2.24) is 15.3 Å². The highest BCUT2D eigenvalue weighted by atomic mass is 16.5. The first kappa shape index (κ1) is 10.2. The number of benzene rings is 1. The molecule has 5 nitrogen and oxygen atoms in total. The Kier molecular flexibility index (Phi) is 2.45. The van der Waals surface area contributed by atoms with Gasteiger partial charge < -0.3 is 10.1 Å². The fourth-order valence-corrected chi connectivity index (χ4v) is 1.69. The van der Waals surface area contributed by atoms with Gasteiger partial charge in [-0.05, 0) is 18.2 Å². The molecule has 0 atom stereocenters. The number of carbonyl (C=O) groups excluding carboxylic acids is 1. The van der Waals surface area contributed by atoms with E-state index in [1.807, 2.05) is 0 Å². The zero-order valence-electron chi connectivity index (χ0n) is 9.09. The molecule has 1 saturated heterocycles. The van der Waals surface area contributed by atoms with Crippen LogP contribution in [-0.4, -0.2) is 35.1 Å². The number of hydrogen-bond donors (Lipinski definition) is 1. The van der Waals surface area contributed by atoms with Gasteiger partial charge in [-0.15, -0.1) is 0 Å². The van der Waals surface area contributed by atoms with Crippen molar-refractivity contribution in [2.75, 3.05) is 13.2 Å². The van der Waals surface area contributed by atoms with Gasteiger partial charge in [0, 0.05) is 18.0 Å². The first-order valence-electron chi connectivity index (χ1n) is 5.42. The van der Waals surface area contributed by atoms with Crippen LogP contribution in [0.15, 0.2) is 30.6 Å². The van der Waals surface area contributed by atoms with Crippen LogP contribution in [0.1, 0.15) is 10.4 Å². The highest BCUT2D eigenvalue weighted by Gasteiger charge is 2.21. The van der Waals surface area contributed by atoms with Gasteiger partial charge in [-0.3, -0.25) is 14.8 Å². The van der Waals surface area contributed by atoms with Crippen LogP contribution >= 0.6 is 0 Å². The van der Waals surface area contributed by atoms with E-state index in [9.17, 15) is 4.79 Å². The third-order valence-electron chi connectivity index (χ3n) is 2.70. The van der Waals surface area contributed by atoms with E-state index in [1.54, 1.807) is 30.6 Å². The molecule has 3 rings (SSSR count). The second-order valence-corrected chi connectivity index (χ2v) is 3.97. The molecule has 0 radical (unpaired) electrons. The van der Waals surface area contributed by atoms with Gasteiger partial charge in [-0.1, -0.05) is 0 Å². The number of nitrogens with zero attached hydrogens (tertiary/aromatic N) is 2.